The Hall–Kier alpha value is -2.48. The summed E-state index contributed by atoms with van der Waals surface area (Å²) in [5, 5.41) is 20.8. The van der Waals surface area contributed by atoms with Gasteiger partial charge in [0.15, 0.2) is 6.10 Å². The van der Waals surface area contributed by atoms with Gasteiger partial charge in [-0.15, -0.1) is 10.2 Å². The minimum absolute atomic E-state index is 0.0248. The van der Waals surface area contributed by atoms with Gasteiger partial charge in [0.05, 0.1) is 11.6 Å². The molecule has 2 N–H and O–H groups in total. The van der Waals surface area contributed by atoms with Crippen molar-refractivity contribution in [3.05, 3.63) is 30.4 Å². The summed E-state index contributed by atoms with van der Waals surface area (Å²) in [7, 11) is 0. The number of aliphatic hydroxyl groups excluding tert-OH is 1. The number of rotatable bonds is 5. The Bertz CT molecular complexity index is 666. The van der Waals surface area contributed by atoms with Crippen molar-refractivity contribution in [3.63, 3.8) is 0 Å². The van der Waals surface area contributed by atoms with Gasteiger partial charge in [-0.3, -0.25) is 4.98 Å². The first-order valence-corrected chi connectivity index (χ1v) is 7.71. The quantitative estimate of drug-likeness (QED) is 0.864. The molecule has 8 nitrogen and oxygen atoms in total. The van der Waals surface area contributed by atoms with Crippen LogP contribution < -0.4 is 5.32 Å². The monoisotopic (exact) mass is 334 g/mol. The predicted octanol–water partition coefficient (Wildman–Crippen LogP) is 2.47. The molecule has 2 aromatic heterocycles. The van der Waals surface area contributed by atoms with Crippen molar-refractivity contribution in [2.45, 2.75) is 51.9 Å². The molecule has 2 atom stereocenters. The highest BCUT2D eigenvalue weighted by molar-refractivity contribution is 5.68. The summed E-state index contributed by atoms with van der Waals surface area (Å²) in [6.07, 6.45) is 1.93. The molecule has 2 heterocycles. The Labute approximate surface area is 140 Å². The molecule has 0 fully saturated rings. The maximum Gasteiger partial charge on any atom is 0.407 e. The Kier molecular flexibility index (Phi) is 5.50. The molecule has 0 spiro atoms. The lowest BCUT2D eigenvalue weighted by Crippen LogP contribution is -2.42. The summed E-state index contributed by atoms with van der Waals surface area (Å²) in [4.78, 5) is 15.8. The molecule has 8 heteroatoms. The number of nitrogens with one attached hydrogen (secondary N) is 1. The molecular weight excluding hydrogens is 312 g/mol. The first-order chi connectivity index (χ1) is 11.3. The summed E-state index contributed by atoms with van der Waals surface area (Å²) in [6, 6.07) is 2.91. The van der Waals surface area contributed by atoms with E-state index in [2.05, 4.69) is 20.5 Å². The largest absolute Gasteiger partial charge is 0.444 e. The maximum atomic E-state index is 11.9. The van der Waals surface area contributed by atoms with Crippen LogP contribution in [0.5, 0.6) is 0 Å². The highest BCUT2D eigenvalue weighted by Crippen LogP contribution is 2.23. The average molecular weight is 334 g/mol. The lowest BCUT2D eigenvalue weighted by Gasteiger charge is -2.24. The van der Waals surface area contributed by atoms with E-state index in [1.54, 1.807) is 45.3 Å². The van der Waals surface area contributed by atoms with Gasteiger partial charge in [0.2, 0.25) is 11.8 Å². The molecule has 2 rings (SSSR count). The number of amides is 1. The molecule has 0 bridgehead atoms. The fraction of sp³-hybridized carbons (Fsp3) is 0.500. The number of carbonyl (C=O) groups is 1. The van der Waals surface area contributed by atoms with Gasteiger partial charge in [-0.25, -0.2) is 4.79 Å². The van der Waals surface area contributed by atoms with Crippen molar-refractivity contribution in [2.75, 3.05) is 0 Å². The molecular formula is C16H22N4O4. The van der Waals surface area contributed by atoms with Crippen LogP contribution >= 0.6 is 0 Å². The molecule has 0 saturated heterocycles. The number of alkyl carbamates (subject to hydrolysis) is 1. The third kappa shape index (κ3) is 4.76. The minimum Gasteiger partial charge on any atom is -0.444 e. The number of ether oxygens (including phenoxy) is 1. The fourth-order valence-corrected chi connectivity index (χ4v) is 2.00. The topological polar surface area (TPSA) is 110 Å². The number of pyridine rings is 1. The second-order valence-corrected chi connectivity index (χ2v) is 6.29. The van der Waals surface area contributed by atoms with Crippen LogP contribution in [0.4, 0.5) is 4.79 Å². The molecule has 24 heavy (non-hydrogen) atoms. The van der Waals surface area contributed by atoms with Crippen molar-refractivity contribution in [1.29, 1.82) is 0 Å². The molecule has 0 aromatic carbocycles. The van der Waals surface area contributed by atoms with E-state index in [-0.39, 0.29) is 11.8 Å². The van der Waals surface area contributed by atoms with E-state index in [9.17, 15) is 9.90 Å². The highest BCUT2D eigenvalue weighted by atomic mass is 16.6. The van der Waals surface area contributed by atoms with Crippen LogP contribution in [0.2, 0.25) is 0 Å². The van der Waals surface area contributed by atoms with Gasteiger partial charge in [0, 0.05) is 12.4 Å². The van der Waals surface area contributed by atoms with Gasteiger partial charge in [0.25, 0.3) is 0 Å². The average Bonchev–Trinajstić information content (AvgIpc) is 3.01. The maximum absolute atomic E-state index is 11.9. The summed E-state index contributed by atoms with van der Waals surface area (Å²) in [6.45, 7) is 7.12. The smallest absolute Gasteiger partial charge is 0.407 e. The zero-order valence-corrected chi connectivity index (χ0v) is 14.2. The Morgan fingerprint density at radius 2 is 2.17 bits per heavy atom. The second-order valence-electron chi connectivity index (χ2n) is 6.29. The normalized spacial score (nSPS) is 14.0. The van der Waals surface area contributed by atoms with E-state index >= 15 is 0 Å². The van der Waals surface area contributed by atoms with E-state index in [0.717, 1.165) is 0 Å². The lowest BCUT2D eigenvalue weighted by atomic mass is 10.1. The third-order valence-corrected chi connectivity index (χ3v) is 3.13. The van der Waals surface area contributed by atoms with Crippen LogP contribution in [-0.4, -0.2) is 38.0 Å². The molecule has 0 aliphatic rings. The number of hydrogen-bond donors (Lipinski definition) is 2. The summed E-state index contributed by atoms with van der Waals surface area (Å²) >= 11 is 0. The van der Waals surface area contributed by atoms with Crippen molar-refractivity contribution in [2.24, 2.45) is 0 Å². The SMILES string of the molecule is CCC(NC(=O)OC(C)(C)C)C(O)c1nnc(-c2cccnc2)o1. The molecule has 130 valence electrons. The van der Waals surface area contributed by atoms with E-state index in [1.165, 1.54) is 0 Å². The van der Waals surface area contributed by atoms with E-state index in [4.69, 9.17) is 9.15 Å². The van der Waals surface area contributed by atoms with Gasteiger partial charge >= 0.3 is 6.09 Å². The van der Waals surface area contributed by atoms with Crippen molar-refractivity contribution in [3.8, 4) is 11.5 Å². The van der Waals surface area contributed by atoms with Gasteiger partial charge in [-0.2, -0.15) is 0 Å². The Balaban J connectivity index is 2.07. The van der Waals surface area contributed by atoms with Crippen molar-refractivity contribution < 1.29 is 19.1 Å². The van der Waals surface area contributed by atoms with Gasteiger partial charge in [0.1, 0.15) is 5.60 Å². The van der Waals surface area contributed by atoms with E-state index in [0.29, 0.717) is 12.0 Å². The van der Waals surface area contributed by atoms with Gasteiger partial charge in [-0.1, -0.05) is 6.92 Å². The standard InChI is InChI=1S/C16H22N4O4/c1-5-11(18-15(22)24-16(2,3)4)12(21)14-20-19-13(23-14)10-7-6-8-17-9-10/h6-9,11-12,21H,5H2,1-4H3,(H,18,22). The fourth-order valence-electron chi connectivity index (χ4n) is 2.00. The Morgan fingerprint density at radius 3 is 2.75 bits per heavy atom. The first kappa shape index (κ1) is 17.9. The zero-order chi connectivity index (χ0) is 17.7. The third-order valence-electron chi connectivity index (χ3n) is 3.13. The van der Waals surface area contributed by atoms with E-state index in [1.807, 2.05) is 6.92 Å². The summed E-state index contributed by atoms with van der Waals surface area (Å²) in [5.41, 5.74) is 0.0299. The van der Waals surface area contributed by atoms with Crippen LogP contribution in [0, 0.1) is 0 Å². The number of aliphatic hydroxyl groups is 1. The van der Waals surface area contributed by atoms with Gasteiger partial charge < -0.3 is 19.6 Å². The summed E-state index contributed by atoms with van der Waals surface area (Å²) in [5.74, 6) is 0.279. The van der Waals surface area contributed by atoms with Gasteiger partial charge in [-0.05, 0) is 39.3 Å². The van der Waals surface area contributed by atoms with Crippen LogP contribution in [0.3, 0.4) is 0 Å². The van der Waals surface area contributed by atoms with Crippen LogP contribution in [0.25, 0.3) is 11.5 Å². The van der Waals surface area contributed by atoms with Crippen LogP contribution in [0.15, 0.2) is 28.9 Å². The van der Waals surface area contributed by atoms with Crippen molar-refractivity contribution in [1.82, 2.24) is 20.5 Å². The molecule has 1 amide bonds. The number of carbonyl (C=O) groups excluding carboxylic acids is 1. The van der Waals surface area contributed by atoms with Crippen LogP contribution in [0.1, 0.15) is 46.1 Å². The summed E-state index contributed by atoms with van der Waals surface area (Å²) < 4.78 is 10.7. The number of nitrogens with zero attached hydrogens (tertiary/aromatic N) is 3. The van der Waals surface area contributed by atoms with Crippen molar-refractivity contribution >= 4 is 6.09 Å². The molecule has 2 aromatic rings. The van der Waals surface area contributed by atoms with Crippen LogP contribution in [-0.2, 0) is 4.74 Å². The lowest BCUT2D eigenvalue weighted by molar-refractivity contribution is 0.0385. The molecule has 0 aliphatic heterocycles. The molecule has 2 unspecified atom stereocenters. The minimum atomic E-state index is -1.14. The zero-order valence-electron chi connectivity index (χ0n) is 14.2. The first-order valence-electron chi connectivity index (χ1n) is 7.71. The highest BCUT2D eigenvalue weighted by Gasteiger charge is 2.28. The molecule has 0 saturated carbocycles. The number of hydrogen-bond acceptors (Lipinski definition) is 7. The molecule has 0 radical (unpaired) electrons. The Morgan fingerprint density at radius 1 is 1.42 bits per heavy atom. The van der Waals surface area contributed by atoms with E-state index < -0.39 is 23.8 Å². The predicted molar refractivity (Wildman–Crippen MR) is 85.9 cm³/mol. The molecule has 0 aliphatic carbocycles. The number of aromatic nitrogens is 3. The second kappa shape index (κ2) is 7.39.